The van der Waals surface area contributed by atoms with Crippen LogP contribution in [0.15, 0.2) is 48.5 Å². The molecule has 0 aromatic heterocycles. The van der Waals surface area contributed by atoms with Crippen LogP contribution in [0.3, 0.4) is 0 Å². The molecule has 7 heteroatoms. The molecule has 0 aliphatic carbocycles. The van der Waals surface area contributed by atoms with E-state index in [9.17, 15) is 22.8 Å². The van der Waals surface area contributed by atoms with Crippen molar-refractivity contribution in [1.82, 2.24) is 5.32 Å². The van der Waals surface area contributed by atoms with Crippen LogP contribution in [0, 0.1) is 6.92 Å². The fourth-order valence-electron chi connectivity index (χ4n) is 2.68. The summed E-state index contributed by atoms with van der Waals surface area (Å²) in [7, 11) is 0. The lowest BCUT2D eigenvalue weighted by Gasteiger charge is -2.19. The van der Waals surface area contributed by atoms with E-state index in [4.69, 9.17) is 5.11 Å². The number of hydrogen-bond donors (Lipinski definition) is 2. The molecule has 1 atom stereocenters. The summed E-state index contributed by atoms with van der Waals surface area (Å²) < 4.78 is 38.3. The highest BCUT2D eigenvalue weighted by atomic mass is 19.4. The topological polar surface area (TPSA) is 66.4 Å². The van der Waals surface area contributed by atoms with Crippen molar-refractivity contribution < 1.29 is 27.9 Å². The SMILES string of the molecule is Cc1ccccc1C(CC(=O)O)NC(=O)Cc1cccc(C(F)(F)F)c1. The Morgan fingerprint density at radius 1 is 1.12 bits per heavy atom. The van der Waals surface area contributed by atoms with Gasteiger partial charge in [0.25, 0.3) is 0 Å². The third-order valence-electron chi connectivity index (χ3n) is 3.90. The first-order chi connectivity index (χ1) is 12.2. The Kier molecular flexibility index (Phi) is 6.02. The van der Waals surface area contributed by atoms with Gasteiger partial charge in [-0.05, 0) is 29.7 Å². The number of halogens is 3. The number of aliphatic carboxylic acids is 1. The lowest BCUT2D eigenvalue weighted by Crippen LogP contribution is -2.31. The Morgan fingerprint density at radius 3 is 2.42 bits per heavy atom. The summed E-state index contributed by atoms with van der Waals surface area (Å²) in [6.45, 7) is 1.79. The number of nitrogens with one attached hydrogen (secondary N) is 1. The molecule has 2 rings (SSSR count). The first-order valence-electron chi connectivity index (χ1n) is 7.89. The highest BCUT2D eigenvalue weighted by Gasteiger charge is 2.30. The zero-order valence-electron chi connectivity index (χ0n) is 14.0. The zero-order valence-corrected chi connectivity index (χ0v) is 14.0. The maximum atomic E-state index is 12.8. The van der Waals surface area contributed by atoms with E-state index in [1.807, 2.05) is 0 Å². The lowest BCUT2D eigenvalue weighted by atomic mass is 9.98. The van der Waals surface area contributed by atoms with Gasteiger partial charge in [-0.1, -0.05) is 42.5 Å². The van der Waals surface area contributed by atoms with Crippen LogP contribution in [0.2, 0.25) is 0 Å². The first kappa shape index (κ1) is 19.5. The fraction of sp³-hybridized carbons (Fsp3) is 0.263. The van der Waals surface area contributed by atoms with Crippen molar-refractivity contribution >= 4 is 11.9 Å². The van der Waals surface area contributed by atoms with Crippen LogP contribution < -0.4 is 5.32 Å². The molecule has 0 bridgehead atoms. The van der Waals surface area contributed by atoms with Crippen LogP contribution in [0.4, 0.5) is 13.2 Å². The highest BCUT2D eigenvalue weighted by Crippen LogP contribution is 2.29. The van der Waals surface area contributed by atoms with Crippen molar-refractivity contribution in [2.75, 3.05) is 0 Å². The van der Waals surface area contributed by atoms with Crippen molar-refractivity contribution in [2.45, 2.75) is 32.0 Å². The standard InChI is InChI=1S/C19H18F3NO3/c1-12-5-2-3-8-15(12)16(11-18(25)26)23-17(24)10-13-6-4-7-14(9-13)19(20,21)22/h2-9,16H,10-11H2,1H3,(H,23,24)(H,25,26). The third-order valence-corrected chi connectivity index (χ3v) is 3.90. The number of aryl methyl sites for hydroxylation is 1. The average Bonchev–Trinajstić information content (AvgIpc) is 2.53. The zero-order chi connectivity index (χ0) is 19.3. The second kappa shape index (κ2) is 8.03. The van der Waals surface area contributed by atoms with Crippen molar-refractivity contribution in [1.29, 1.82) is 0 Å². The molecule has 1 amide bonds. The highest BCUT2D eigenvalue weighted by molar-refractivity contribution is 5.80. The van der Waals surface area contributed by atoms with Gasteiger partial charge in [0.1, 0.15) is 0 Å². The molecule has 26 heavy (non-hydrogen) atoms. The molecule has 2 aromatic rings. The maximum Gasteiger partial charge on any atom is 0.416 e. The van der Waals surface area contributed by atoms with E-state index in [0.717, 1.165) is 17.7 Å². The van der Waals surface area contributed by atoms with E-state index in [-0.39, 0.29) is 18.4 Å². The monoisotopic (exact) mass is 365 g/mol. The summed E-state index contributed by atoms with van der Waals surface area (Å²) in [6.07, 6.45) is -5.08. The van der Waals surface area contributed by atoms with Crippen LogP contribution in [-0.4, -0.2) is 17.0 Å². The molecule has 2 N–H and O–H groups in total. The minimum atomic E-state index is -4.49. The predicted molar refractivity (Wildman–Crippen MR) is 89.5 cm³/mol. The summed E-state index contributed by atoms with van der Waals surface area (Å²) in [6, 6.07) is 10.8. The molecule has 0 radical (unpaired) electrons. The summed E-state index contributed by atoms with van der Waals surface area (Å²) in [5.41, 5.74) is 0.852. The van der Waals surface area contributed by atoms with E-state index in [1.165, 1.54) is 12.1 Å². The number of carbonyl (C=O) groups is 2. The molecule has 0 aliphatic rings. The van der Waals surface area contributed by atoms with E-state index in [1.54, 1.807) is 31.2 Å². The normalized spacial score (nSPS) is 12.5. The Hall–Kier alpha value is -2.83. The molecular weight excluding hydrogens is 347 g/mol. The second-order valence-electron chi connectivity index (χ2n) is 5.95. The average molecular weight is 365 g/mol. The summed E-state index contributed by atoms with van der Waals surface area (Å²) in [5.74, 6) is -1.63. The smallest absolute Gasteiger partial charge is 0.416 e. The number of benzene rings is 2. The molecule has 0 saturated heterocycles. The summed E-state index contributed by atoms with van der Waals surface area (Å²) in [4.78, 5) is 23.4. The molecular formula is C19H18F3NO3. The molecule has 4 nitrogen and oxygen atoms in total. The van der Waals surface area contributed by atoms with Crippen molar-refractivity contribution in [3.63, 3.8) is 0 Å². The van der Waals surface area contributed by atoms with Gasteiger partial charge in [0.15, 0.2) is 0 Å². The van der Waals surface area contributed by atoms with Gasteiger partial charge >= 0.3 is 12.1 Å². The van der Waals surface area contributed by atoms with E-state index >= 15 is 0 Å². The fourth-order valence-corrected chi connectivity index (χ4v) is 2.68. The molecule has 0 heterocycles. The van der Waals surface area contributed by atoms with Crippen molar-refractivity contribution in [3.05, 3.63) is 70.8 Å². The van der Waals surface area contributed by atoms with Crippen LogP contribution >= 0.6 is 0 Å². The number of rotatable bonds is 6. The van der Waals surface area contributed by atoms with Crippen LogP contribution in [0.1, 0.15) is 34.7 Å². The van der Waals surface area contributed by atoms with E-state index in [0.29, 0.717) is 5.56 Å². The Balaban J connectivity index is 2.15. The van der Waals surface area contributed by atoms with Gasteiger partial charge < -0.3 is 10.4 Å². The number of carbonyl (C=O) groups excluding carboxylic acids is 1. The predicted octanol–water partition coefficient (Wildman–Crippen LogP) is 3.89. The van der Waals surface area contributed by atoms with Gasteiger partial charge in [-0.3, -0.25) is 9.59 Å². The number of carboxylic acids is 1. The minimum Gasteiger partial charge on any atom is -0.481 e. The molecule has 1 unspecified atom stereocenters. The van der Waals surface area contributed by atoms with Gasteiger partial charge in [0.05, 0.1) is 24.4 Å². The Labute approximate surface area is 148 Å². The largest absolute Gasteiger partial charge is 0.481 e. The molecule has 0 saturated carbocycles. The molecule has 0 fully saturated rings. The second-order valence-corrected chi connectivity index (χ2v) is 5.95. The van der Waals surface area contributed by atoms with E-state index < -0.39 is 29.7 Å². The lowest BCUT2D eigenvalue weighted by molar-refractivity contribution is -0.138. The number of alkyl halides is 3. The maximum absolute atomic E-state index is 12.8. The number of hydrogen-bond acceptors (Lipinski definition) is 2. The van der Waals surface area contributed by atoms with Crippen LogP contribution in [0.25, 0.3) is 0 Å². The van der Waals surface area contributed by atoms with Gasteiger partial charge in [0.2, 0.25) is 5.91 Å². The molecule has 138 valence electrons. The number of carboxylic acid groups (broad SMARTS) is 1. The van der Waals surface area contributed by atoms with Crippen molar-refractivity contribution in [3.8, 4) is 0 Å². The van der Waals surface area contributed by atoms with Crippen molar-refractivity contribution in [2.24, 2.45) is 0 Å². The van der Waals surface area contributed by atoms with Gasteiger partial charge in [-0.15, -0.1) is 0 Å². The Bertz CT molecular complexity index is 803. The van der Waals surface area contributed by atoms with E-state index in [2.05, 4.69) is 5.32 Å². The summed E-state index contributed by atoms with van der Waals surface area (Å²) in [5, 5.41) is 11.7. The minimum absolute atomic E-state index is 0.205. The quantitative estimate of drug-likeness (QED) is 0.816. The first-order valence-corrected chi connectivity index (χ1v) is 7.89. The Morgan fingerprint density at radius 2 is 1.81 bits per heavy atom. The third kappa shape index (κ3) is 5.34. The van der Waals surface area contributed by atoms with Gasteiger partial charge in [-0.25, -0.2) is 0 Å². The molecule has 0 spiro atoms. The number of amides is 1. The van der Waals surface area contributed by atoms with Gasteiger partial charge in [0, 0.05) is 0 Å². The molecule has 0 aliphatic heterocycles. The van der Waals surface area contributed by atoms with Gasteiger partial charge in [-0.2, -0.15) is 13.2 Å². The van der Waals surface area contributed by atoms with Crippen LogP contribution in [0.5, 0.6) is 0 Å². The molecule has 2 aromatic carbocycles. The van der Waals surface area contributed by atoms with Crippen LogP contribution in [-0.2, 0) is 22.2 Å². The summed E-state index contributed by atoms with van der Waals surface area (Å²) >= 11 is 0.